The number of hydrogen-bond acceptors (Lipinski definition) is 1. The fourth-order valence-corrected chi connectivity index (χ4v) is 0. The van der Waals surface area contributed by atoms with Gasteiger partial charge in [-0.3, -0.25) is 0 Å². The van der Waals surface area contributed by atoms with E-state index in [4.69, 9.17) is 15.0 Å². The molecule has 0 aliphatic rings. The Hall–Kier alpha value is 1.08. The molecule has 0 aliphatic carbocycles. The van der Waals surface area contributed by atoms with Crippen molar-refractivity contribution in [2.24, 2.45) is 0 Å². The average molecular weight is 178 g/mol. The number of carboxylic acid groups (broad SMARTS) is 2. The minimum atomic E-state index is -1.83. The zero-order valence-electron chi connectivity index (χ0n) is 2.56. The molecule has 2 N–H and O–H groups in total. The summed E-state index contributed by atoms with van der Waals surface area (Å²) >= 11 is 0. The first-order valence-electron chi connectivity index (χ1n) is 0.651. The van der Waals surface area contributed by atoms with E-state index in [1.54, 1.807) is 0 Å². The van der Waals surface area contributed by atoms with Crippen molar-refractivity contribution in [2.75, 3.05) is 0 Å². The van der Waals surface area contributed by atoms with E-state index in [-0.39, 0.29) is 59.0 Å². The zero-order chi connectivity index (χ0) is 3.58. The van der Waals surface area contributed by atoms with Crippen LogP contribution in [-0.2, 0) is 17.1 Å². The van der Waals surface area contributed by atoms with Crippen LogP contribution in [0.5, 0.6) is 0 Å². The van der Waals surface area contributed by atoms with Crippen molar-refractivity contribution in [3.05, 3.63) is 0 Å². The summed E-state index contributed by atoms with van der Waals surface area (Å²) in [5, 5.41) is 13.9. The van der Waals surface area contributed by atoms with Gasteiger partial charge >= 0.3 is 35.7 Å². The van der Waals surface area contributed by atoms with Gasteiger partial charge in [-0.1, -0.05) is 0 Å². The Morgan fingerprint density at radius 3 is 1.29 bits per heavy atom. The standard InChI is InChI=1S/CH2O3.ClH.Fe.Na.H/c2-1(3)4;;;;/h(H2,2,3,4);1H;;;. The van der Waals surface area contributed by atoms with Gasteiger partial charge in [0.15, 0.2) is 0 Å². The zero-order valence-corrected chi connectivity index (χ0v) is 4.49. The Labute approximate surface area is 79.7 Å². The predicted molar refractivity (Wildman–Crippen MR) is 25.1 cm³/mol. The summed E-state index contributed by atoms with van der Waals surface area (Å²) in [4.78, 5) is 8.56. The van der Waals surface area contributed by atoms with Gasteiger partial charge < -0.3 is 10.2 Å². The van der Waals surface area contributed by atoms with Crippen LogP contribution < -0.4 is 0 Å². The first-order chi connectivity index (χ1) is 1.73. The minimum absolute atomic E-state index is 0. The molecule has 0 saturated heterocycles. The van der Waals surface area contributed by atoms with Gasteiger partial charge in [0.25, 0.3) is 0 Å². The molecule has 0 rings (SSSR count). The summed E-state index contributed by atoms with van der Waals surface area (Å²) in [5.74, 6) is 0. The number of rotatable bonds is 0. The molecule has 0 atom stereocenters. The van der Waals surface area contributed by atoms with Gasteiger partial charge in [-0.15, -0.1) is 12.4 Å². The molecule has 0 radical (unpaired) electrons. The second-order valence-corrected chi connectivity index (χ2v) is 0.283. The quantitative estimate of drug-likeness (QED) is 0.513. The molecule has 3 nitrogen and oxygen atoms in total. The Morgan fingerprint density at radius 1 is 1.29 bits per heavy atom. The summed E-state index contributed by atoms with van der Waals surface area (Å²) in [6.07, 6.45) is -1.83. The van der Waals surface area contributed by atoms with E-state index in [1.165, 1.54) is 0 Å². The Balaban J connectivity index is -0.0000000150. The van der Waals surface area contributed by atoms with Gasteiger partial charge in [-0.2, -0.15) is 0 Å². The molecule has 0 spiro atoms. The van der Waals surface area contributed by atoms with E-state index < -0.39 is 6.16 Å². The van der Waals surface area contributed by atoms with Gasteiger partial charge in [0.05, 0.1) is 0 Å². The van der Waals surface area contributed by atoms with Gasteiger partial charge in [-0.25, -0.2) is 4.79 Å². The maximum absolute atomic E-state index is 8.56. The van der Waals surface area contributed by atoms with E-state index in [0.717, 1.165) is 0 Å². The van der Waals surface area contributed by atoms with Crippen molar-refractivity contribution >= 4 is 48.1 Å². The topological polar surface area (TPSA) is 57.5 Å². The fourth-order valence-electron chi connectivity index (χ4n) is 0. The second kappa shape index (κ2) is 15.7. The molecule has 0 aromatic heterocycles. The van der Waals surface area contributed by atoms with Crippen molar-refractivity contribution in [3.8, 4) is 0 Å². The monoisotopic (exact) mass is 178 g/mol. The summed E-state index contributed by atoms with van der Waals surface area (Å²) in [7, 11) is 0. The molecule has 0 aromatic carbocycles. The molecule has 0 bridgehead atoms. The molecule has 42 valence electrons. The van der Waals surface area contributed by atoms with Crippen molar-refractivity contribution in [2.45, 2.75) is 0 Å². The molecule has 7 heavy (non-hydrogen) atoms. The van der Waals surface area contributed by atoms with Crippen LogP contribution in [0.25, 0.3) is 0 Å². The predicted octanol–water partition coefficient (Wildman–Crippen LogP) is -0.00680. The normalized spacial score (nSPS) is 3.43. The molecular formula is CH4ClFeNaO3. The molecule has 0 fully saturated rings. The molecule has 6 heteroatoms. The first kappa shape index (κ1) is 24.3. The Kier molecular flexibility index (Phi) is 54.7. The van der Waals surface area contributed by atoms with E-state index in [0.29, 0.717) is 0 Å². The van der Waals surface area contributed by atoms with Crippen molar-refractivity contribution < 1.29 is 32.1 Å². The van der Waals surface area contributed by atoms with Gasteiger partial charge in [0.2, 0.25) is 0 Å². The van der Waals surface area contributed by atoms with Crippen LogP contribution in [0, 0.1) is 0 Å². The summed E-state index contributed by atoms with van der Waals surface area (Å²) in [6.45, 7) is 0. The summed E-state index contributed by atoms with van der Waals surface area (Å²) in [5.41, 5.74) is 0. The molecular weight excluding hydrogens is 174 g/mol. The van der Waals surface area contributed by atoms with E-state index in [9.17, 15) is 0 Å². The van der Waals surface area contributed by atoms with Crippen LogP contribution in [-0.4, -0.2) is 45.9 Å². The maximum atomic E-state index is 8.56. The SMILES string of the molecule is Cl.O=C(O)O.[Fe].[NaH]. The third kappa shape index (κ3) is 157. The van der Waals surface area contributed by atoms with Gasteiger partial charge in [-0.05, 0) is 0 Å². The van der Waals surface area contributed by atoms with Crippen LogP contribution in [0.4, 0.5) is 4.79 Å². The average Bonchev–Trinajstić information content (AvgIpc) is 0.811. The van der Waals surface area contributed by atoms with Crippen LogP contribution >= 0.6 is 12.4 Å². The van der Waals surface area contributed by atoms with E-state index >= 15 is 0 Å². The fraction of sp³-hybridized carbons (Fsp3) is 0. The third-order valence-corrected chi connectivity index (χ3v) is 0. The van der Waals surface area contributed by atoms with Crippen LogP contribution in [0.3, 0.4) is 0 Å². The number of hydrogen-bond donors (Lipinski definition) is 2. The Bertz CT molecular complexity index is 37.9. The molecule has 0 heterocycles. The summed E-state index contributed by atoms with van der Waals surface area (Å²) in [6, 6.07) is 0. The molecule has 0 unspecified atom stereocenters. The van der Waals surface area contributed by atoms with Crippen molar-refractivity contribution in [1.82, 2.24) is 0 Å². The Morgan fingerprint density at radius 2 is 1.29 bits per heavy atom. The molecule has 0 aliphatic heterocycles. The van der Waals surface area contributed by atoms with Crippen molar-refractivity contribution in [1.29, 1.82) is 0 Å². The molecule has 0 amide bonds. The van der Waals surface area contributed by atoms with Gasteiger partial charge in [0.1, 0.15) is 0 Å². The van der Waals surface area contributed by atoms with Crippen LogP contribution in [0.1, 0.15) is 0 Å². The van der Waals surface area contributed by atoms with Crippen LogP contribution in [0.15, 0.2) is 0 Å². The van der Waals surface area contributed by atoms with Gasteiger partial charge in [0, 0.05) is 17.1 Å². The second-order valence-electron chi connectivity index (χ2n) is 0.283. The molecule has 0 saturated carbocycles. The third-order valence-electron chi connectivity index (χ3n) is 0. The number of halogens is 1. The summed E-state index contributed by atoms with van der Waals surface area (Å²) < 4.78 is 0. The molecule has 0 aromatic rings. The van der Waals surface area contributed by atoms with Crippen molar-refractivity contribution in [3.63, 3.8) is 0 Å². The van der Waals surface area contributed by atoms with E-state index in [2.05, 4.69) is 0 Å². The van der Waals surface area contributed by atoms with Crippen LogP contribution in [0.2, 0.25) is 0 Å². The van der Waals surface area contributed by atoms with E-state index in [1.807, 2.05) is 0 Å². The number of carbonyl (C=O) groups is 1. The first-order valence-corrected chi connectivity index (χ1v) is 0.651.